The lowest BCUT2D eigenvalue weighted by atomic mass is 10.3. The van der Waals surface area contributed by atoms with Gasteiger partial charge in [0.25, 0.3) is 0 Å². The monoisotopic (exact) mass is 282 g/mol. The highest BCUT2D eigenvalue weighted by atomic mass is 32.2. The third-order valence-corrected chi connectivity index (χ3v) is 5.55. The van der Waals surface area contributed by atoms with Crippen LogP contribution in [-0.2, 0) is 10.0 Å². The van der Waals surface area contributed by atoms with Crippen LogP contribution < -0.4 is 5.32 Å². The lowest BCUT2D eigenvalue weighted by molar-refractivity contribution is 0.342. The third kappa shape index (κ3) is 3.09. The van der Waals surface area contributed by atoms with Crippen LogP contribution in [0.15, 0.2) is 29.2 Å². The Bertz CT molecular complexity index is 536. The van der Waals surface area contributed by atoms with Crippen molar-refractivity contribution in [1.29, 1.82) is 0 Å². The van der Waals surface area contributed by atoms with Crippen molar-refractivity contribution in [2.24, 2.45) is 5.92 Å². The number of nitrogens with zero attached hydrogens (tertiary/aromatic N) is 1. The first-order chi connectivity index (χ1) is 8.96. The maximum Gasteiger partial charge on any atom is 0.245 e. The molecule has 0 amide bonds. The van der Waals surface area contributed by atoms with E-state index in [9.17, 15) is 8.42 Å². The summed E-state index contributed by atoms with van der Waals surface area (Å²) in [5.41, 5.74) is 0.656. The molecular weight excluding hydrogens is 260 g/mol. The smallest absolute Gasteiger partial charge is 0.245 e. The summed E-state index contributed by atoms with van der Waals surface area (Å²) in [4.78, 5) is 0.367. The van der Waals surface area contributed by atoms with E-state index in [1.807, 2.05) is 19.9 Å². The van der Waals surface area contributed by atoms with E-state index in [2.05, 4.69) is 5.32 Å². The molecule has 5 heteroatoms. The van der Waals surface area contributed by atoms with E-state index in [0.717, 1.165) is 12.8 Å². The van der Waals surface area contributed by atoms with Gasteiger partial charge in [-0.2, -0.15) is 4.31 Å². The fourth-order valence-electron chi connectivity index (χ4n) is 2.17. The van der Waals surface area contributed by atoms with Gasteiger partial charge in [-0.3, -0.25) is 0 Å². The van der Waals surface area contributed by atoms with E-state index < -0.39 is 10.0 Å². The molecule has 0 atom stereocenters. The van der Waals surface area contributed by atoms with Gasteiger partial charge in [-0.1, -0.05) is 12.1 Å². The van der Waals surface area contributed by atoms with Crippen LogP contribution in [0.5, 0.6) is 0 Å². The lowest BCUT2D eigenvalue weighted by Crippen LogP contribution is -2.38. The normalized spacial score (nSPS) is 16.1. The van der Waals surface area contributed by atoms with Crippen molar-refractivity contribution in [3.63, 3.8) is 0 Å². The minimum Gasteiger partial charge on any atom is -0.387 e. The Labute approximate surface area is 115 Å². The van der Waals surface area contributed by atoms with Crippen molar-refractivity contribution in [2.75, 3.05) is 18.9 Å². The Morgan fingerprint density at radius 2 is 1.95 bits per heavy atom. The Morgan fingerprint density at radius 1 is 1.32 bits per heavy atom. The van der Waals surface area contributed by atoms with Crippen LogP contribution in [0.2, 0.25) is 0 Å². The maximum atomic E-state index is 12.8. The number of benzene rings is 1. The van der Waals surface area contributed by atoms with Crippen molar-refractivity contribution in [1.82, 2.24) is 4.31 Å². The number of anilines is 1. The van der Waals surface area contributed by atoms with Crippen LogP contribution in [0, 0.1) is 5.92 Å². The van der Waals surface area contributed by atoms with E-state index in [1.165, 1.54) is 0 Å². The summed E-state index contributed by atoms with van der Waals surface area (Å²) in [6.45, 7) is 4.50. The maximum absolute atomic E-state index is 12.8. The van der Waals surface area contributed by atoms with E-state index in [4.69, 9.17) is 0 Å². The molecule has 0 bridgehead atoms. The summed E-state index contributed by atoms with van der Waals surface area (Å²) in [5.74, 6) is 0.541. The van der Waals surface area contributed by atoms with Gasteiger partial charge in [0.05, 0.1) is 5.69 Å². The minimum atomic E-state index is -3.43. The molecule has 0 radical (unpaired) electrons. The van der Waals surface area contributed by atoms with Crippen LogP contribution in [-0.4, -0.2) is 32.4 Å². The van der Waals surface area contributed by atoms with Gasteiger partial charge >= 0.3 is 0 Å². The van der Waals surface area contributed by atoms with Crippen LogP contribution >= 0.6 is 0 Å². The largest absolute Gasteiger partial charge is 0.387 e. The van der Waals surface area contributed by atoms with E-state index in [-0.39, 0.29) is 6.04 Å². The van der Waals surface area contributed by atoms with E-state index >= 15 is 0 Å². The molecule has 19 heavy (non-hydrogen) atoms. The standard InChI is InChI=1S/C14H22N2O2S/c1-11(2)16(10-12-8-9-12)19(17,18)14-7-5-4-6-13(14)15-3/h4-7,11-12,15H,8-10H2,1-3H3. The Morgan fingerprint density at radius 3 is 2.47 bits per heavy atom. The molecule has 0 heterocycles. The van der Waals surface area contributed by atoms with Crippen molar-refractivity contribution < 1.29 is 8.42 Å². The molecular formula is C14H22N2O2S. The number of para-hydroxylation sites is 1. The Hall–Kier alpha value is -1.07. The third-order valence-electron chi connectivity index (χ3n) is 3.45. The van der Waals surface area contributed by atoms with Gasteiger partial charge in [-0.15, -0.1) is 0 Å². The predicted molar refractivity (Wildman–Crippen MR) is 77.7 cm³/mol. The quantitative estimate of drug-likeness (QED) is 0.872. The van der Waals surface area contributed by atoms with Crippen LogP contribution in [0.4, 0.5) is 5.69 Å². The molecule has 1 aliphatic carbocycles. The van der Waals surface area contributed by atoms with Crippen molar-refractivity contribution >= 4 is 15.7 Å². The molecule has 2 rings (SSSR count). The first-order valence-electron chi connectivity index (χ1n) is 6.75. The molecule has 1 N–H and O–H groups in total. The molecule has 0 saturated heterocycles. The number of hydrogen-bond acceptors (Lipinski definition) is 3. The van der Waals surface area contributed by atoms with Crippen LogP contribution in [0.3, 0.4) is 0 Å². The number of hydrogen-bond donors (Lipinski definition) is 1. The molecule has 1 aromatic carbocycles. The van der Waals surface area contributed by atoms with Gasteiger partial charge in [-0.25, -0.2) is 8.42 Å². The van der Waals surface area contributed by atoms with Crippen LogP contribution in [0.1, 0.15) is 26.7 Å². The van der Waals surface area contributed by atoms with E-state index in [1.54, 1.807) is 29.6 Å². The van der Waals surface area contributed by atoms with Gasteiger partial charge in [0.15, 0.2) is 0 Å². The van der Waals surface area contributed by atoms with Gasteiger partial charge in [-0.05, 0) is 44.7 Å². The molecule has 1 saturated carbocycles. The van der Waals surface area contributed by atoms with Gasteiger partial charge in [0.2, 0.25) is 10.0 Å². The molecule has 106 valence electrons. The van der Waals surface area contributed by atoms with Gasteiger partial charge in [0.1, 0.15) is 4.90 Å². The minimum absolute atomic E-state index is 0.0180. The topological polar surface area (TPSA) is 49.4 Å². The second kappa shape index (κ2) is 5.51. The molecule has 1 fully saturated rings. The lowest BCUT2D eigenvalue weighted by Gasteiger charge is -2.26. The second-order valence-corrected chi connectivity index (χ2v) is 7.22. The molecule has 0 aromatic heterocycles. The summed E-state index contributed by atoms with van der Waals surface area (Å²) < 4.78 is 27.2. The Balaban J connectivity index is 2.37. The summed E-state index contributed by atoms with van der Waals surface area (Å²) in [6, 6.07) is 7.05. The zero-order valence-electron chi connectivity index (χ0n) is 11.8. The SMILES string of the molecule is CNc1ccccc1S(=O)(=O)N(CC1CC1)C(C)C. The summed E-state index contributed by atoms with van der Waals surface area (Å²) in [6.07, 6.45) is 2.29. The van der Waals surface area contributed by atoms with Crippen molar-refractivity contribution in [2.45, 2.75) is 37.6 Å². The average Bonchev–Trinajstić information content (AvgIpc) is 3.19. The fraction of sp³-hybridized carbons (Fsp3) is 0.571. The molecule has 0 spiro atoms. The number of nitrogens with one attached hydrogen (secondary N) is 1. The van der Waals surface area contributed by atoms with E-state index in [0.29, 0.717) is 23.0 Å². The predicted octanol–water partition coefficient (Wildman–Crippen LogP) is 2.54. The number of sulfonamides is 1. The highest BCUT2D eigenvalue weighted by Gasteiger charge is 2.34. The zero-order chi connectivity index (χ0) is 14.0. The second-order valence-electron chi connectivity index (χ2n) is 5.36. The average molecular weight is 282 g/mol. The fourth-order valence-corrected chi connectivity index (χ4v) is 4.08. The van der Waals surface area contributed by atoms with Gasteiger partial charge < -0.3 is 5.32 Å². The van der Waals surface area contributed by atoms with Crippen molar-refractivity contribution in [3.8, 4) is 0 Å². The first kappa shape index (κ1) is 14.3. The highest BCUT2D eigenvalue weighted by molar-refractivity contribution is 7.89. The summed E-state index contributed by atoms with van der Waals surface area (Å²) in [5, 5.41) is 2.96. The summed E-state index contributed by atoms with van der Waals surface area (Å²) >= 11 is 0. The zero-order valence-corrected chi connectivity index (χ0v) is 12.6. The highest BCUT2D eigenvalue weighted by Crippen LogP contribution is 2.33. The molecule has 0 unspecified atom stereocenters. The molecule has 4 nitrogen and oxygen atoms in total. The first-order valence-corrected chi connectivity index (χ1v) is 8.19. The Kier molecular flexibility index (Phi) is 4.16. The van der Waals surface area contributed by atoms with Crippen molar-refractivity contribution in [3.05, 3.63) is 24.3 Å². The van der Waals surface area contributed by atoms with Crippen LogP contribution in [0.25, 0.3) is 0 Å². The number of rotatable bonds is 6. The van der Waals surface area contributed by atoms with Gasteiger partial charge in [0, 0.05) is 19.6 Å². The molecule has 0 aliphatic heterocycles. The molecule has 1 aromatic rings. The molecule has 1 aliphatic rings. The summed E-state index contributed by atoms with van der Waals surface area (Å²) in [7, 11) is -1.68.